The second kappa shape index (κ2) is 6.75. The highest BCUT2D eigenvalue weighted by atomic mass is 79.9. The summed E-state index contributed by atoms with van der Waals surface area (Å²) in [7, 11) is 0. The Hall–Kier alpha value is -1.13. The second-order valence-corrected chi connectivity index (χ2v) is 6.18. The number of hydrogen-bond donors (Lipinski definition) is 0. The van der Waals surface area contributed by atoms with Crippen LogP contribution in [0.25, 0.3) is 0 Å². The first kappa shape index (κ1) is 16.2. The van der Waals surface area contributed by atoms with E-state index in [1.807, 2.05) is 13.8 Å². The number of benzene rings is 2. The summed E-state index contributed by atoms with van der Waals surface area (Å²) in [5.41, 5.74) is 0.745. The number of rotatable bonds is 4. The number of halogens is 4. The lowest BCUT2D eigenvalue weighted by Crippen LogP contribution is -2.06. The maximum Gasteiger partial charge on any atom is 0.137 e. The lowest BCUT2D eigenvalue weighted by Gasteiger charge is -2.15. The van der Waals surface area contributed by atoms with Crippen LogP contribution in [0.2, 0.25) is 0 Å². The van der Waals surface area contributed by atoms with Crippen molar-refractivity contribution >= 4 is 27.5 Å². The summed E-state index contributed by atoms with van der Waals surface area (Å²) in [6, 6.07) is 9.24. The van der Waals surface area contributed by atoms with E-state index in [4.69, 9.17) is 16.3 Å². The molecule has 0 spiro atoms. The first-order chi connectivity index (χ1) is 9.88. The fraction of sp³-hybridized carbons (Fsp3) is 0.250. The summed E-state index contributed by atoms with van der Waals surface area (Å²) in [4.78, 5) is 0. The summed E-state index contributed by atoms with van der Waals surface area (Å²) in [6.07, 6.45) is 0.0240. The molecule has 0 fully saturated rings. The number of hydrogen-bond acceptors (Lipinski definition) is 1. The molecule has 0 heterocycles. The van der Waals surface area contributed by atoms with Gasteiger partial charge in [-0.05, 0) is 59.6 Å². The first-order valence-corrected chi connectivity index (χ1v) is 7.66. The van der Waals surface area contributed by atoms with Crippen LogP contribution in [0.15, 0.2) is 40.9 Å². The molecule has 0 radical (unpaired) electrons. The molecule has 1 atom stereocenters. The van der Waals surface area contributed by atoms with E-state index in [2.05, 4.69) is 15.9 Å². The van der Waals surface area contributed by atoms with Gasteiger partial charge < -0.3 is 4.74 Å². The zero-order valence-corrected chi connectivity index (χ0v) is 13.9. The smallest absolute Gasteiger partial charge is 0.137 e. The average Bonchev–Trinajstić information content (AvgIpc) is 2.41. The molecule has 0 saturated heterocycles. The zero-order valence-electron chi connectivity index (χ0n) is 11.5. The van der Waals surface area contributed by atoms with Gasteiger partial charge in [0.25, 0.3) is 0 Å². The Balaban J connectivity index is 2.36. The van der Waals surface area contributed by atoms with Crippen molar-refractivity contribution in [1.29, 1.82) is 0 Å². The van der Waals surface area contributed by atoms with E-state index < -0.39 is 17.0 Å². The van der Waals surface area contributed by atoms with E-state index >= 15 is 0 Å². The van der Waals surface area contributed by atoms with Crippen molar-refractivity contribution in [2.75, 3.05) is 0 Å². The van der Waals surface area contributed by atoms with E-state index in [1.165, 1.54) is 0 Å². The zero-order chi connectivity index (χ0) is 15.6. The molecule has 5 heteroatoms. The van der Waals surface area contributed by atoms with Crippen LogP contribution >= 0.6 is 27.5 Å². The molecule has 0 amide bonds. The molecule has 21 heavy (non-hydrogen) atoms. The molecule has 0 aliphatic carbocycles. The van der Waals surface area contributed by atoms with Crippen LogP contribution in [0.5, 0.6) is 5.75 Å². The van der Waals surface area contributed by atoms with Crippen LogP contribution in [0, 0.1) is 11.6 Å². The Morgan fingerprint density at radius 3 is 2.48 bits per heavy atom. The SMILES string of the molecule is CC(C)Oc1cccc(C(Cl)c2cc(F)c(Br)cc2F)c1. The molecular formula is C16H14BrClF2O. The minimum absolute atomic E-state index is 0.0240. The average molecular weight is 376 g/mol. The summed E-state index contributed by atoms with van der Waals surface area (Å²) >= 11 is 9.24. The molecule has 0 N–H and O–H groups in total. The van der Waals surface area contributed by atoms with Crippen LogP contribution in [0.3, 0.4) is 0 Å². The van der Waals surface area contributed by atoms with Crippen molar-refractivity contribution in [2.24, 2.45) is 0 Å². The molecule has 0 aliphatic heterocycles. The van der Waals surface area contributed by atoms with Crippen LogP contribution in [-0.2, 0) is 0 Å². The lowest BCUT2D eigenvalue weighted by molar-refractivity contribution is 0.242. The van der Waals surface area contributed by atoms with Crippen molar-refractivity contribution in [3.8, 4) is 5.75 Å². The van der Waals surface area contributed by atoms with E-state index in [0.29, 0.717) is 11.3 Å². The largest absolute Gasteiger partial charge is 0.491 e. The van der Waals surface area contributed by atoms with Gasteiger partial charge in [-0.3, -0.25) is 0 Å². The van der Waals surface area contributed by atoms with Gasteiger partial charge in [0.1, 0.15) is 17.4 Å². The molecule has 2 rings (SSSR count). The predicted octanol–water partition coefficient (Wildman–Crippen LogP) is 5.84. The fourth-order valence-corrected chi connectivity index (χ4v) is 2.55. The third kappa shape index (κ3) is 3.95. The first-order valence-electron chi connectivity index (χ1n) is 6.43. The predicted molar refractivity (Wildman–Crippen MR) is 84.0 cm³/mol. The van der Waals surface area contributed by atoms with Crippen LogP contribution in [-0.4, -0.2) is 6.10 Å². The van der Waals surface area contributed by atoms with Crippen molar-refractivity contribution in [3.05, 3.63) is 63.6 Å². The minimum Gasteiger partial charge on any atom is -0.491 e. The van der Waals surface area contributed by atoms with Crippen LogP contribution < -0.4 is 4.74 Å². The van der Waals surface area contributed by atoms with Gasteiger partial charge in [-0.1, -0.05) is 12.1 Å². The van der Waals surface area contributed by atoms with Gasteiger partial charge in [0.05, 0.1) is 16.0 Å². The van der Waals surface area contributed by atoms with Gasteiger partial charge >= 0.3 is 0 Å². The van der Waals surface area contributed by atoms with Gasteiger partial charge in [0, 0.05) is 5.56 Å². The maximum absolute atomic E-state index is 14.0. The third-order valence-electron chi connectivity index (χ3n) is 2.84. The molecule has 1 nitrogen and oxygen atoms in total. The van der Waals surface area contributed by atoms with E-state index in [0.717, 1.165) is 12.1 Å². The Labute approximate surface area is 136 Å². The number of alkyl halides is 1. The van der Waals surface area contributed by atoms with E-state index in [1.54, 1.807) is 24.3 Å². The molecular weight excluding hydrogens is 362 g/mol. The Bertz CT molecular complexity index is 646. The lowest BCUT2D eigenvalue weighted by atomic mass is 10.0. The van der Waals surface area contributed by atoms with Crippen molar-refractivity contribution in [2.45, 2.75) is 25.3 Å². The maximum atomic E-state index is 14.0. The molecule has 0 aliphatic rings. The number of ether oxygens (including phenoxy) is 1. The van der Waals surface area contributed by atoms with Crippen molar-refractivity contribution in [3.63, 3.8) is 0 Å². The highest BCUT2D eigenvalue weighted by molar-refractivity contribution is 9.10. The minimum atomic E-state index is -0.789. The van der Waals surface area contributed by atoms with Gasteiger partial charge in [-0.15, -0.1) is 11.6 Å². The summed E-state index contributed by atoms with van der Waals surface area (Å²) < 4.78 is 33.2. The molecule has 1 unspecified atom stereocenters. The molecule has 0 saturated carbocycles. The normalized spacial score (nSPS) is 12.5. The van der Waals surface area contributed by atoms with Crippen LogP contribution in [0.4, 0.5) is 8.78 Å². The highest BCUT2D eigenvalue weighted by Crippen LogP contribution is 2.34. The van der Waals surface area contributed by atoms with E-state index in [9.17, 15) is 8.78 Å². The molecule has 2 aromatic carbocycles. The molecule has 0 bridgehead atoms. The summed E-state index contributed by atoms with van der Waals surface area (Å²) in [5.74, 6) is -0.462. The molecule has 0 aromatic heterocycles. The Morgan fingerprint density at radius 2 is 1.81 bits per heavy atom. The van der Waals surface area contributed by atoms with Gasteiger partial charge in [0.15, 0.2) is 0 Å². The summed E-state index contributed by atoms with van der Waals surface area (Å²) in [6.45, 7) is 3.82. The standard InChI is InChI=1S/C16H14BrClF2O/c1-9(2)21-11-5-3-4-10(6-11)16(18)12-7-15(20)13(17)8-14(12)19/h3-9,16H,1-2H3. The molecule has 112 valence electrons. The fourth-order valence-electron chi connectivity index (χ4n) is 1.93. The van der Waals surface area contributed by atoms with E-state index in [-0.39, 0.29) is 16.1 Å². The Kier molecular flexibility index (Phi) is 5.22. The second-order valence-electron chi connectivity index (χ2n) is 4.89. The summed E-state index contributed by atoms with van der Waals surface area (Å²) in [5, 5.41) is -0.789. The molecule has 2 aromatic rings. The van der Waals surface area contributed by atoms with Crippen LogP contribution in [0.1, 0.15) is 30.4 Å². The van der Waals surface area contributed by atoms with Gasteiger partial charge in [-0.25, -0.2) is 8.78 Å². The van der Waals surface area contributed by atoms with Gasteiger partial charge in [0.2, 0.25) is 0 Å². The van der Waals surface area contributed by atoms with Crippen molar-refractivity contribution < 1.29 is 13.5 Å². The quantitative estimate of drug-likeness (QED) is 0.481. The highest BCUT2D eigenvalue weighted by Gasteiger charge is 2.18. The third-order valence-corrected chi connectivity index (χ3v) is 3.93. The monoisotopic (exact) mass is 374 g/mol. The topological polar surface area (TPSA) is 9.23 Å². The Morgan fingerprint density at radius 1 is 1.10 bits per heavy atom. The van der Waals surface area contributed by atoms with Crippen molar-refractivity contribution in [1.82, 2.24) is 0 Å². The van der Waals surface area contributed by atoms with Gasteiger partial charge in [-0.2, -0.15) is 0 Å².